The third kappa shape index (κ3) is 6.05. The van der Waals surface area contributed by atoms with Crippen LogP contribution in [-0.2, 0) is 4.79 Å². The Morgan fingerprint density at radius 2 is 1.95 bits per heavy atom. The van der Waals surface area contributed by atoms with Crippen molar-refractivity contribution in [2.24, 2.45) is 0 Å². The van der Waals surface area contributed by atoms with Gasteiger partial charge in [-0.05, 0) is 37.3 Å². The average molecular weight is 258 g/mol. The van der Waals surface area contributed by atoms with Crippen molar-refractivity contribution in [3.63, 3.8) is 0 Å². The second kappa shape index (κ2) is 8.30. The number of allylic oxidation sites excluding steroid dienone is 2. The molecule has 19 heavy (non-hydrogen) atoms. The third-order valence-electron chi connectivity index (χ3n) is 2.83. The number of aryl methyl sites for hydroxylation is 1. The van der Waals surface area contributed by atoms with Crippen molar-refractivity contribution in [2.45, 2.75) is 39.5 Å². The molecule has 2 nitrogen and oxygen atoms in total. The van der Waals surface area contributed by atoms with Gasteiger partial charge in [-0.1, -0.05) is 55.0 Å². The van der Waals surface area contributed by atoms with Crippen molar-refractivity contribution in [1.82, 2.24) is 0 Å². The molecule has 0 saturated heterocycles. The van der Waals surface area contributed by atoms with Gasteiger partial charge in [0.15, 0.2) is 0 Å². The number of aliphatic carboxylic acids is 1. The lowest BCUT2D eigenvalue weighted by Gasteiger charge is -2.03. The number of benzene rings is 1. The Kier molecular flexibility index (Phi) is 6.65. The highest BCUT2D eigenvalue weighted by Crippen LogP contribution is 2.16. The number of rotatable bonds is 7. The van der Waals surface area contributed by atoms with Gasteiger partial charge >= 0.3 is 5.97 Å². The quantitative estimate of drug-likeness (QED) is 0.720. The second-order valence-electron chi connectivity index (χ2n) is 4.63. The van der Waals surface area contributed by atoms with Crippen LogP contribution in [0.1, 0.15) is 49.3 Å². The van der Waals surface area contributed by atoms with Crippen LogP contribution < -0.4 is 0 Å². The molecular weight excluding hydrogens is 236 g/mol. The highest BCUT2D eigenvalue weighted by atomic mass is 16.4. The normalized spacial score (nSPS) is 11.5. The van der Waals surface area contributed by atoms with Gasteiger partial charge in [-0.2, -0.15) is 0 Å². The first-order chi connectivity index (χ1) is 9.13. The summed E-state index contributed by atoms with van der Waals surface area (Å²) in [5.41, 5.74) is 3.64. The van der Waals surface area contributed by atoms with E-state index in [1.54, 1.807) is 0 Å². The molecule has 0 unspecified atom stereocenters. The minimum atomic E-state index is -0.726. The highest BCUT2D eigenvalue weighted by molar-refractivity contribution is 5.67. The molecule has 0 heterocycles. The van der Waals surface area contributed by atoms with E-state index in [2.05, 4.69) is 56.4 Å². The van der Waals surface area contributed by atoms with Crippen LogP contribution in [0.4, 0.5) is 0 Å². The van der Waals surface area contributed by atoms with E-state index in [1.165, 1.54) is 16.7 Å². The minimum Gasteiger partial charge on any atom is -0.481 e. The van der Waals surface area contributed by atoms with Gasteiger partial charge in [0.25, 0.3) is 0 Å². The van der Waals surface area contributed by atoms with E-state index < -0.39 is 5.97 Å². The highest BCUT2D eigenvalue weighted by Gasteiger charge is 1.97. The average Bonchev–Trinajstić information content (AvgIpc) is 2.37. The fraction of sp³-hybridized carbons (Fsp3) is 0.353. The zero-order valence-corrected chi connectivity index (χ0v) is 11.7. The Hall–Kier alpha value is -1.83. The van der Waals surface area contributed by atoms with Gasteiger partial charge in [-0.15, -0.1) is 0 Å². The SMILES string of the molecule is CC/C=C/c1ccc(C)cc1/C=C/CCCC(=O)O. The van der Waals surface area contributed by atoms with Gasteiger partial charge in [0.1, 0.15) is 0 Å². The van der Waals surface area contributed by atoms with Gasteiger partial charge in [0, 0.05) is 6.42 Å². The van der Waals surface area contributed by atoms with Crippen molar-refractivity contribution >= 4 is 18.1 Å². The molecule has 0 saturated carbocycles. The van der Waals surface area contributed by atoms with Crippen LogP contribution in [0.2, 0.25) is 0 Å². The van der Waals surface area contributed by atoms with Crippen molar-refractivity contribution in [3.8, 4) is 0 Å². The molecule has 0 amide bonds. The first-order valence-corrected chi connectivity index (χ1v) is 6.79. The lowest BCUT2D eigenvalue weighted by molar-refractivity contribution is -0.137. The van der Waals surface area contributed by atoms with Crippen LogP contribution in [0, 0.1) is 6.92 Å². The monoisotopic (exact) mass is 258 g/mol. The topological polar surface area (TPSA) is 37.3 Å². The Morgan fingerprint density at radius 3 is 2.63 bits per heavy atom. The van der Waals surface area contributed by atoms with E-state index in [1.807, 2.05) is 0 Å². The molecule has 0 bridgehead atoms. The summed E-state index contributed by atoms with van der Waals surface area (Å²) >= 11 is 0. The zero-order valence-electron chi connectivity index (χ0n) is 11.7. The van der Waals surface area contributed by atoms with Crippen LogP contribution >= 0.6 is 0 Å². The fourth-order valence-corrected chi connectivity index (χ4v) is 1.82. The van der Waals surface area contributed by atoms with E-state index in [4.69, 9.17) is 5.11 Å². The number of hydrogen-bond donors (Lipinski definition) is 1. The maximum absolute atomic E-state index is 10.4. The predicted octanol–water partition coefficient (Wildman–Crippen LogP) is 4.69. The summed E-state index contributed by atoms with van der Waals surface area (Å²) in [6.07, 6.45) is 11.2. The minimum absolute atomic E-state index is 0.237. The summed E-state index contributed by atoms with van der Waals surface area (Å²) in [7, 11) is 0. The molecule has 0 aromatic heterocycles. The van der Waals surface area contributed by atoms with Crippen molar-refractivity contribution < 1.29 is 9.90 Å². The molecule has 0 atom stereocenters. The third-order valence-corrected chi connectivity index (χ3v) is 2.83. The summed E-state index contributed by atoms with van der Waals surface area (Å²) < 4.78 is 0. The molecule has 0 aliphatic heterocycles. The number of carbonyl (C=O) groups is 1. The zero-order chi connectivity index (χ0) is 14.1. The Morgan fingerprint density at radius 1 is 1.21 bits per heavy atom. The molecule has 0 aliphatic rings. The van der Waals surface area contributed by atoms with Crippen LogP contribution in [0.3, 0.4) is 0 Å². The van der Waals surface area contributed by atoms with Gasteiger partial charge in [0.05, 0.1) is 0 Å². The standard InChI is InChI=1S/C17H22O2/c1-3-4-8-15-12-11-14(2)13-16(15)9-6-5-7-10-17(18)19/h4,6,8-9,11-13H,3,5,7,10H2,1-2H3,(H,18,19)/b8-4+,9-6+. The van der Waals surface area contributed by atoms with Gasteiger partial charge in [0.2, 0.25) is 0 Å². The van der Waals surface area contributed by atoms with E-state index in [0.717, 1.165) is 12.8 Å². The second-order valence-corrected chi connectivity index (χ2v) is 4.63. The molecule has 2 heteroatoms. The van der Waals surface area contributed by atoms with Crippen LogP contribution in [0.25, 0.3) is 12.2 Å². The van der Waals surface area contributed by atoms with E-state index in [0.29, 0.717) is 6.42 Å². The molecule has 0 aliphatic carbocycles. The summed E-state index contributed by atoms with van der Waals surface area (Å²) in [4.78, 5) is 10.4. The smallest absolute Gasteiger partial charge is 0.303 e. The maximum Gasteiger partial charge on any atom is 0.303 e. The molecule has 0 radical (unpaired) electrons. The largest absolute Gasteiger partial charge is 0.481 e. The maximum atomic E-state index is 10.4. The van der Waals surface area contributed by atoms with Gasteiger partial charge in [-0.3, -0.25) is 4.79 Å². The molecule has 0 fully saturated rings. The molecule has 102 valence electrons. The lowest BCUT2D eigenvalue weighted by atomic mass is 10.0. The van der Waals surface area contributed by atoms with Crippen molar-refractivity contribution in [1.29, 1.82) is 0 Å². The lowest BCUT2D eigenvalue weighted by Crippen LogP contribution is -1.92. The molecule has 1 rings (SSSR count). The Labute approximate surface area is 115 Å². The molecule has 1 aromatic rings. The van der Waals surface area contributed by atoms with Crippen LogP contribution in [0.5, 0.6) is 0 Å². The van der Waals surface area contributed by atoms with Crippen LogP contribution in [-0.4, -0.2) is 11.1 Å². The predicted molar refractivity (Wildman–Crippen MR) is 81.0 cm³/mol. The number of unbranched alkanes of at least 4 members (excludes halogenated alkanes) is 1. The van der Waals surface area contributed by atoms with Crippen LogP contribution in [0.15, 0.2) is 30.4 Å². The molecule has 1 N–H and O–H groups in total. The molecular formula is C17H22O2. The Bertz CT molecular complexity index is 470. The fourth-order valence-electron chi connectivity index (χ4n) is 1.82. The van der Waals surface area contributed by atoms with E-state index in [-0.39, 0.29) is 6.42 Å². The summed E-state index contributed by atoms with van der Waals surface area (Å²) in [6.45, 7) is 4.20. The summed E-state index contributed by atoms with van der Waals surface area (Å²) in [5.74, 6) is -0.726. The summed E-state index contributed by atoms with van der Waals surface area (Å²) in [5, 5.41) is 8.57. The number of hydrogen-bond acceptors (Lipinski definition) is 1. The first kappa shape index (κ1) is 15.2. The molecule has 0 spiro atoms. The number of carboxylic acid groups (broad SMARTS) is 1. The first-order valence-electron chi connectivity index (χ1n) is 6.79. The van der Waals surface area contributed by atoms with E-state index in [9.17, 15) is 4.79 Å². The van der Waals surface area contributed by atoms with Crippen molar-refractivity contribution in [2.75, 3.05) is 0 Å². The van der Waals surface area contributed by atoms with Crippen molar-refractivity contribution in [3.05, 3.63) is 47.0 Å². The number of carboxylic acids is 1. The Balaban J connectivity index is 2.69. The van der Waals surface area contributed by atoms with Gasteiger partial charge < -0.3 is 5.11 Å². The summed E-state index contributed by atoms with van der Waals surface area (Å²) in [6, 6.07) is 6.39. The van der Waals surface area contributed by atoms with Gasteiger partial charge in [-0.25, -0.2) is 0 Å². The van der Waals surface area contributed by atoms with E-state index >= 15 is 0 Å². The molecule has 1 aromatic carbocycles.